The van der Waals surface area contributed by atoms with E-state index in [1.807, 2.05) is 0 Å². The van der Waals surface area contributed by atoms with E-state index in [0.29, 0.717) is 0 Å². The molecule has 0 heteroatoms. The number of fused-ring (bicyclic) bond motifs is 4. The zero-order chi connectivity index (χ0) is 21.9. The zero-order valence-corrected chi connectivity index (χ0v) is 20.8. The van der Waals surface area contributed by atoms with Crippen LogP contribution < -0.4 is 0 Å². The van der Waals surface area contributed by atoms with Crippen LogP contribution in [0.3, 0.4) is 0 Å². The van der Waals surface area contributed by atoms with Crippen molar-refractivity contribution >= 4 is 0 Å². The lowest BCUT2D eigenvalue weighted by molar-refractivity contribution is 0.349. The van der Waals surface area contributed by atoms with Gasteiger partial charge in [0.1, 0.15) is 0 Å². The van der Waals surface area contributed by atoms with Crippen molar-refractivity contribution < 1.29 is 0 Å². The second-order valence-corrected chi connectivity index (χ2v) is 11.5. The van der Waals surface area contributed by atoms with Gasteiger partial charge in [0, 0.05) is 5.41 Å². The molecule has 0 fully saturated rings. The third-order valence-corrected chi connectivity index (χ3v) is 8.21. The molecule has 2 aromatic rings. The molecule has 0 bridgehead atoms. The molecule has 2 aliphatic carbocycles. The number of hydrogen-bond acceptors (Lipinski definition) is 0. The van der Waals surface area contributed by atoms with Crippen LogP contribution in [-0.2, 0) is 35.5 Å². The molecule has 0 heterocycles. The number of rotatable bonds is 5. The summed E-state index contributed by atoms with van der Waals surface area (Å²) in [6.07, 6.45) is 8.51. The van der Waals surface area contributed by atoms with Crippen molar-refractivity contribution in [3.05, 3.63) is 68.8 Å². The Morgan fingerprint density at radius 3 is 1.53 bits per heavy atom. The van der Waals surface area contributed by atoms with E-state index in [-0.39, 0.29) is 16.2 Å². The Morgan fingerprint density at radius 1 is 0.633 bits per heavy atom. The van der Waals surface area contributed by atoms with Crippen LogP contribution in [0, 0.1) is 6.92 Å². The number of aryl methyl sites for hydroxylation is 4. The van der Waals surface area contributed by atoms with Gasteiger partial charge in [0.05, 0.1) is 0 Å². The van der Waals surface area contributed by atoms with E-state index in [9.17, 15) is 0 Å². The van der Waals surface area contributed by atoms with E-state index in [1.165, 1.54) is 49.7 Å². The predicted octanol–water partition coefficient (Wildman–Crippen LogP) is 8.11. The SMILES string of the molecule is CCCc1cc2c(cc1CCC)C1(CC(C)(C)c3cc(C)c(CC)cc31)CC2(C)C. The van der Waals surface area contributed by atoms with Crippen molar-refractivity contribution in [1.29, 1.82) is 0 Å². The summed E-state index contributed by atoms with van der Waals surface area (Å²) in [5, 5.41) is 0. The molecule has 0 nitrogen and oxygen atoms in total. The van der Waals surface area contributed by atoms with Crippen molar-refractivity contribution in [2.45, 2.75) is 117 Å². The fourth-order valence-electron chi connectivity index (χ4n) is 7.03. The van der Waals surface area contributed by atoms with Gasteiger partial charge in [-0.2, -0.15) is 0 Å². The largest absolute Gasteiger partial charge is 0.0651 e. The molecule has 2 aromatic carbocycles. The molecular weight excluding hydrogens is 360 g/mol. The van der Waals surface area contributed by atoms with Gasteiger partial charge in [0.2, 0.25) is 0 Å². The molecule has 0 amide bonds. The van der Waals surface area contributed by atoms with Crippen molar-refractivity contribution in [2.75, 3.05) is 0 Å². The lowest BCUT2D eigenvalue weighted by atomic mass is 9.72. The topological polar surface area (TPSA) is 0 Å². The highest BCUT2D eigenvalue weighted by Crippen LogP contribution is 2.63. The average molecular weight is 403 g/mol. The summed E-state index contributed by atoms with van der Waals surface area (Å²) in [4.78, 5) is 0. The Hall–Kier alpha value is -1.56. The van der Waals surface area contributed by atoms with Crippen molar-refractivity contribution in [2.24, 2.45) is 0 Å². The first-order valence-corrected chi connectivity index (χ1v) is 12.4. The van der Waals surface area contributed by atoms with E-state index in [4.69, 9.17) is 0 Å². The van der Waals surface area contributed by atoms with Crippen LogP contribution in [0.4, 0.5) is 0 Å². The van der Waals surface area contributed by atoms with E-state index >= 15 is 0 Å². The minimum absolute atomic E-state index is 0.183. The maximum atomic E-state index is 2.66. The smallest absolute Gasteiger partial charge is 0.0225 e. The number of hydrogen-bond donors (Lipinski definition) is 0. The van der Waals surface area contributed by atoms with E-state index in [2.05, 4.69) is 79.7 Å². The molecule has 0 aromatic heterocycles. The molecule has 30 heavy (non-hydrogen) atoms. The maximum Gasteiger partial charge on any atom is 0.0225 e. The van der Waals surface area contributed by atoms with Gasteiger partial charge in [0.15, 0.2) is 0 Å². The van der Waals surface area contributed by atoms with Crippen LogP contribution >= 0.6 is 0 Å². The van der Waals surface area contributed by atoms with E-state index in [0.717, 1.165) is 6.42 Å². The molecule has 1 unspecified atom stereocenters. The maximum absolute atomic E-state index is 2.66. The van der Waals surface area contributed by atoms with Crippen molar-refractivity contribution in [1.82, 2.24) is 0 Å². The van der Waals surface area contributed by atoms with Crippen LogP contribution in [-0.4, -0.2) is 0 Å². The Kier molecular flexibility index (Phi) is 5.23. The second kappa shape index (κ2) is 7.25. The predicted molar refractivity (Wildman–Crippen MR) is 131 cm³/mol. The summed E-state index contributed by atoms with van der Waals surface area (Å²) in [5.74, 6) is 0. The third-order valence-electron chi connectivity index (χ3n) is 8.21. The first-order chi connectivity index (χ1) is 14.1. The molecule has 0 radical (unpaired) electrons. The van der Waals surface area contributed by atoms with Gasteiger partial charge >= 0.3 is 0 Å². The van der Waals surface area contributed by atoms with Crippen molar-refractivity contribution in [3.63, 3.8) is 0 Å². The minimum Gasteiger partial charge on any atom is -0.0651 e. The molecule has 4 rings (SSSR count). The zero-order valence-electron chi connectivity index (χ0n) is 20.8. The molecule has 162 valence electrons. The summed E-state index contributed by atoms with van der Waals surface area (Å²) in [6.45, 7) is 19.2. The average Bonchev–Trinajstić information content (AvgIpc) is 3.01. The van der Waals surface area contributed by atoms with E-state index < -0.39 is 0 Å². The fourth-order valence-corrected chi connectivity index (χ4v) is 7.03. The van der Waals surface area contributed by atoms with Gasteiger partial charge in [-0.3, -0.25) is 0 Å². The second-order valence-electron chi connectivity index (χ2n) is 11.5. The van der Waals surface area contributed by atoms with Gasteiger partial charge in [-0.15, -0.1) is 0 Å². The van der Waals surface area contributed by atoms with Crippen LogP contribution in [0.2, 0.25) is 0 Å². The standard InChI is InChI=1S/C30H42/c1-9-12-22-16-25-27(17-23(22)13-10-2)30(19-29(25,7)8)18-28(5,6)24-14-20(4)21(11-3)15-26(24)30/h14-17H,9-13,18-19H2,1-8H3. The molecule has 0 aliphatic heterocycles. The highest BCUT2D eigenvalue weighted by molar-refractivity contribution is 5.62. The number of benzene rings is 2. The molecule has 1 atom stereocenters. The lowest BCUT2D eigenvalue weighted by Crippen LogP contribution is -2.27. The first-order valence-electron chi connectivity index (χ1n) is 12.4. The molecule has 0 N–H and O–H groups in total. The quantitative estimate of drug-likeness (QED) is 0.474. The van der Waals surface area contributed by atoms with Crippen LogP contribution in [0.5, 0.6) is 0 Å². The summed E-state index contributed by atoms with van der Waals surface area (Å²) in [7, 11) is 0. The Labute approximate surface area is 185 Å². The van der Waals surface area contributed by atoms with Gasteiger partial charge in [0.25, 0.3) is 0 Å². The summed E-state index contributed by atoms with van der Waals surface area (Å²) in [6, 6.07) is 10.4. The Balaban J connectivity index is 2.01. The Morgan fingerprint density at radius 2 is 1.07 bits per heavy atom. The highest BCUT2D eigenvalue weighted by atomic mass is 14.6. The van der Waals surface area contributed by atoms with Crippen LogP contribution in [0.15, 0.2) is 24.3 Å². The highest BCUT2D eigenvalue weighted by Gasteiger charge is 2.56. The molecular formula is C30H42. The third kappa shape index (κ3) is 3.09. The minimum atomic E-state index is 0.183. The van der Waals surface area contributed by atoms with Crippen LogP contribution in [0.25, 0.3) is 0 Å². The van der Waals surface area contributed by atoms with Gasteiger partial charge in [-0.1, -0.05) is 85.6 Å². The molecule has 1 spiro atoms. The normalized spacial score (nSPS) is 23.1. The van der Waals surface area contributed by atoms with Gasteiger partial charge < -0.3 is 0 Å². The van der Waals surface area contributed by atoms with Crippen molar-refractivity contribution in [3.8, 4) is 0 Å². The van der Waals surface area contributed by atoms with E-state index in [1.54, 1.807) is 33.4 Å². The summed E-state index contributed by atoms with van der Waals surface area (Å²) >= 11 is 0. The van der Waals surface area contributed by atoms with Crippen LogP contribution in [0.1, 0.15) is 119 Å². The lowest BCUT2D eigenvalue weighted by Gasteiger charge is -2.31. The Bertz CT molecular complexity index is 972. The molecule has 2 aliphatic rings. The first kappa shape index (κ1) is 21.7. The van der Waals surface area contributed by atoms with Gasteiger partial charge in [-0.25, -0.2) is 0 Å². The fraction of sp³-hybridized carbons (Fsp3) is 0.600. The molecule has 0 saturated carbocycles. The van der Waals surface area contributed by atoms with Gasteiger partial charge in [-0.05, 0) is 94.4 Å². The monoisotopic (exact) mass is 402 g/mol. The summed E-state index contributed by atoms with van der Waals surface area (Å²) in [5.41, 5.74) is 13.4. The molecule has 0 saturated heterocycles. The summed E-state index contributed by atoms with van der Waals surface area (Å²) < 4.78 is 0.